The quantitative estimate of drug-likeness (QED) is 0.512. The molecule has 35 heavy (non-hydrogen) atoms. The van der Waals surface area contributed by atoms with Crippen molar-refractivity contribution in [1.29, 1.82) is 0 Å². The number of carbonyl (C=O) groups is 2. The summed E-state index contributed by atoms with van der Waals surface area (Å²) >= 11 is 0. The molecule has 7 nitrogen and oxygen atoms in total. The second-order valence-corrected chi connectivity index (χ2v) is 10.8. The van der Waals surface area contributed by atoms with E-state index in [1.165, 1.54) is 4.31 Å². The van der Waals surface area contributed by atoms with Crippen molar-refractivity contribution in [2.24, 2.45) is 0 Å². The van der Waals surface area contributed by atoms with Crippen LogP contribution in [0.5, 0.6) is 0 Å². The van der Waals surface area contributed by atoms with E-state index in [9.17, 15) is 18.0 Å². The Morgan fingerprint density at radius 1 is 0.886 bits per heavy atom. The lowest BCUT2D eigenvalue weighted by atomic mass is 9.93. The van der Waals surface area contributed by atoms with Crippen molar-refractivity contribution < 1.29 is 22.7 Å². The van der Waals surface area contributed by atoms with E-state index in [4.69, 9.17) is 4.74 Å². The predicted octanol–water partition coefficient (Wildman–Crippen LogP) is 3.43. The van der Waals surface area contributed by atoms with Gasteiger partial charge >= 0.3 is 5.97 Å². The number of esters is 1. The Bertz CT molecular complexity index is 1330. The zero-order valence-electron chi connectivity index (χ0n) is 19.2. The Balaban J connectivity index is 1.26. The van der Waals surface area contributed by atoms with Crippen LogP contribution in [-0.2, 0) is 26.9 Å². The summed E-state index contributed by atoms with van der Waals surface area (Å²) in [5.41, 5.74) is 3.41. The maximum absolute atomic E-state index is 13.2. The van der Waals surface area contributed by atoms with Crippen LogP contribution in [0.4, 0.5) is 0 Å². The molecule has 1 saturated heterocycles. The summed E-state index contributed by atoms with van der Waals surface area (Å²) < 4.78 is 32.7. The number of ether oxygens (including phenoxy) is 1. The number of carbonyl (C=O) groups excluding carboxylic acids is 2. The Labute approximate surface area is 205 Å². The summed E-state index contributed by atoms with van der Waals surface area (Å²) in [5, 5.41) is 0. The summed E-state index contributed by atoms with van der Waals surface area (Å²) in [6.45, 7) is 1.15. The molecule has 1 fully saturated rings. The van der Waals surface area contributed by atoms with Gasteiger partial charge in [-0.1, -0.05) is 60.7 Å². The number of benzene rings is 3. The third kappa shape index (κ3) is 4.99. The molecule has 2 aliphatic heterocycles. The molecule has 2 heterocycles. The van der Waals surface area contributed by atoms with Gasteiger partial charge in [-0.15, -0.1) is 0 Å². The van der Waals surface area contributed by atoms with Gasteiger partial charge < -0.3 is 9.64 Å². The molecule has 1 atom stereocenters. The topological polar surface area (TPSA) is 84.0 Å². The molecule has 3 aromatic carbocycles. The van der Waals surface area contributed by atoms with Crippen molar-refractivity contribution in [2.75, 3.05) is 26.2 Å². The van der Waals surface area contributed by atoms with Crippen LogP contribution in [-0.4, -0.2) is 55.7 Å². The first-order chi connectivity index (χ1) is 16.9. The smallest absolute Gasteiger partial charge is 0.339 e. The molecule has 0 aliphatic carbocycles. The van der Waals surface area contributed by atoms with Crippen LogP contribution in [0.2, 0.25) is 0 Å². The average Bonchev–Trinajstić information content (AvgIpc) is 2.89. The Hall–Kier alpha value is -3.49. The Kier molecular flexibility index (Phi) is 6.40. The molecule has 0 bridgehead atoms. The van der Waals surface area contributed by atoms with E-state index in [1.807, 2.05) is 48.5 Å². The van der Waals surface area contributed by atoms with Crippen molar-refractivity contribution in [2.45, 2.75) is 18.3 Å². The minimum absolute atomic E-state index is 0.0503. The normalized spacial score (nSPS) is 18.6. The van der Waals surface area contributed by atoms with Crippen LogP contribution in [0, 0.1) is 0 Å². The number of nitrogens with zero attached hydrogens (tertiary/aromatic N) is 2. The third-order valence-electron chi connectivity index (χ3n) is 6.51. The number of amides is 1. The fraction of sp³-hybridized carbons (Fsp3) is 0.259. The van der Waals surface area contributed by atoms with Gasteiger partial charge in [0.1, 0.15) is 6.10 Å². The Morgan fingerprint density at radius 3 is 2.23 bits per heavy atom. The largest absolute Gasteiger partial charge is 0.454 e. The van der Waals surface area contributed by atoms with Crippen molar-refractivity contribution >= 4 is 21.9 Å². The highest BCUT2D eigenvalue weighted by molar-refractivity contribution is 7.88. The molecular formula is C27H26N2O5S. The molecule has 0 saturated carbocycles. The van der Waals surface area contributed by atoms with E-state index >= 15 is 0 Å². The highest BCUT2D eigenvalue weighted by Gasteiger charge is 2.31. The minimum atomic E-state index is -3.46. The van der Waals surface area contributed by atoms with Crippen LogP contribution in [0.15, 0.2) is 78.9 Å². The van der Waals surface area contributed by atoms with Gasteiger partial charge in [-0.05, 0) is 34.9 Å². The Morgan fingerprint density at radius 2 is 1.54 bits per heavy atom. The van der Waals surface area contributed by atoms with Gasteiger partial charge in [0.2, 0.25) is 10.0 Å². The SMILES string of the molecule is O=C1O[C@@H](c2ccccc2)Cc2cc(C(=O)N3CCN(S(=O)(=O)Cc4ccccc4)CC3)ccc21. The number of rotatable bonds is 5. The fourth-order valence-corrected chi connectivity index (χ4v) is 6.13. The number of cyclic esters (lactones) is 1. The van der Waals surface area contributed by atoms with E-state index in [2.05, 4.69) is 0 Å². The highest BCUT2D eigenvalue weighted by Crippen LogP contribution is 2.31. The third-order valence-corrected chi connectivity index (χ3v) is 8.36. The van der Waals surface area contributed by atoms with E-state index in [0.29, 0.717) is 30.6 Å². The zero-order valence-corrected chi connectivity index (χ0v) is 20.0. The number of fused-ring (bicyclic) bond motifs is 1. The maximum Gasteiger partial charge on any atom is 0.339 e. The first-order valence-corrected chi connectivity index (χ1v) is 13.2. The van der Waals surface area contributed by atoms with Crippen LogP contribution in [0.3, 0.4) is 0 Å². The summed E-state index contributed by atoms with van der Waals surface area (Å²) in [4.78, 5) is 27.4. The standard InChI is InChI=1S/C27H26N2O5S/c30-26(28-13-15-29(16-14-28)35(32,33)19-20-7-3-1-4-8-20)22-11-12-24-23(17-22)18-25(34-27(24)31)21-9-5-2-6-10-21/h1-12,17,25H,13-16,18-19H2/t25-/m1/s1. The molecule has 8 heteroatoms. The van der Waals surface area contributed by atoms with Gasteiger partial charge in [-0.2, -0.15) is 4.31 Å². The molecule has 5 rings (SSSR count). The van der Waals surface area contributed by atoms with E-state index in [0.717, 1.165) is 16.7 Å². The summed E-state index contributed by atoms with van der Waals surface area (Å²) in [6.07, 6.45) is 0.109. The van der Waals surface area contributed by atoms with Crippen LogP contribution < -0.4 is 0 Å². The number of piperazine rings is 1. The lowest BCUT2D eigenvalue weighted by Crippen LogP contribution is -2.50. The second kappa shape index (κ2) is 9.64. The predicted molar refractivity (Wildman–Crippen MR) is 131 cm³/mol. The lowest BCUT2D eigenvalue weighted by Gasteiger charge is -2.34. The zero-order chi connectivity index (χ0) is 24.4. The van der Waals surface area contributed by atoms with Crippen molar-refractivity contribution in [3.05, 3.63) is 107 Å². The number of sulfonamides is 1. The molecule has 0 radical (unpaired) electrons. The molecule has 1 amide bonds. The molecule has 180 valence electrons. The van der Waals surface area contributed by atoms with Crippen LogP contribution in [0.1, 0.15) is 43.5 Å². The molecule has 0 spiro atoms. The first kappa shape index (κ1) is 23.3. The van der Waals surface area contributed by atoms with Gasteiger partial charge in [0.15, 0.2) is 0 Å². The molecule has 3 aromatic rings. The van der Waals surface area contributed by atoms with Gasteiger partial charge in [-0.3, -0.25) is 4.79 Å². The maximum atomic E-state index is 13.2. The molecular weight excluding hydrogens is 464 g/mol. The van der Waals surface area contributed by atoms with Gasteiger partial charge in [0, 0.05) is 38.2 Å². The second-order valence-electron chi connectivity index (χ2n) is 8.81. The van der Waals surface area contributed by atoms with Crippen LogP contribution >= 0.6 is 0 Å². The number of hydrogen-bond donors (Lipinski definition) is 0. The molecule has 0 unspecified atom stereocenters. The number of hydrogen-bond acceptors (Lipinski definition) is 5. The van der Waals surface area contributed by atoms with Crippen molar-refractivity contribution in [1.82, 2.24) is 9.21 Å². The summed E-state index contributed by atoms with van der Waals surface area (Å²) in [5.74, 6) is -0.606. The van der Waals surface area contributed by atoms with Crippen molar-refractivity contribution in [3.8, 4) is 0 Å². The highest BCUT2D eigenvalue weighted by atomic mass is 32.2. The van der Waals surface area contributed by atoms with Gasteiger partial charge in [0.05, 0.1) is 11.3 Å². The van der Waals surface area contributed by atoms with Gasteiger partial charge in [-0.25, -0.2) is 13.2 Å². The first-order valence-electron chi connectivity index (χ1n) is 11.6. The fourth-order valence-electron chi connectivity index (χ4n) is 4.61. The van der Waals surface area contributed by atoms with Crippen molar-refractivity contribution in [3.63, 3.8) is 0 Å². The molecule has 0 aromatic heterocycles. The van der Waals surface area contributed by atoms with E-state index < -0.39 is 16.0 Å². The molecule has 0 N–H and O–H groups in total. The minimum Gasteiger partial charge on any atom is -0.454 e. The van der Waals surface area contributed by atoms with E-state index in [1.54, 1.807) is 35.2 Å². The van der Waals surface area contributed by atoms with E-state index in [-0.39, 0.29) is 30.9 Å². The van der Waals surface area contributed by atoms with Gasteiger partial charge in [0.25, 0.3) is 5.91 Å². The monoisotopic (exact) mass is 490 g/mol. The van der Waals surface area contributed by atoms with Crippen LogP contribution in [0.25, 0.3) is 0 Å². The lowest BCUT2D eigenvalue weighted by molar-refractivity contribution is 0.0252. The average molecular weight is 491 g/mol. The molecule has 2 aliphatic rings. The summed E-state index contributed by atoms with van der Waals surface area (Å²) in [6, 6.07) is 23.7. The summed E-state index contributed by atoms with van der Waals surface area (Å²) in [7, 11) is -3.46.